The van der Waals surface area contributed by atoms with Crippen LogP contribution in [0.15, 0.2) is 66.7 Å². The van der Waals surface area contributed by atoms with Crippen molar-refractivity contribution < 1.29 is 9.90 Å². The molecule has 0 radical (unpaired) electrons. The van der Waals surface area contributed by atoms with Gasteiger partial charge in [-0.3, -0.25) is 4.79 Å². The Hall–Kier alpha value is -2.76. The highest BCUT2D eigenvalue weighted by Gasteiger charge is 2.15. The predicted octanol–water partition coefficient (Wildman–Crippen LogP) is 3.91. The van der Waals surface area contributed by atoms with E-state index in [4.69, 9.17) is 0 Å². The fraction of sp³-hybridized carbons (Fsp3) is 0.100. The molecule has 124 valence electrons. The predicted molar refractivity (Wildman–Crippen MR) is 101 cm³/mol. The molecule has 4 nitrogen and oxygen atoms in total. The third kappa shape index (κ3) is 3.12. The van der Waals surface area contributed by atoms with Crippen molar-refractivity contribution in [3.05, 3.63) is 77.3 Å². The summed E-state index contributed by atoms with van der Waals surface area (Å²) in [5.74, 6) is -0.263. The number of fused-ring (bicyclic) bond motifs is 2. The minimum atomic E-state index is -0.774. The second-order valence-corrected chi connectivity index (χ2v) is 6.81. The van der Waals surface area contributed by atoms with Crippen molar-refractivity contribution in [2.75, 3.05) is 6.54 Å². The number of aliphatic hydroxyl groups excluding tert-OH is 1. The molecule has 0 bridgehead atoms. The van der Waals surface area contributed by atoms with Gasteiger partial charge < -0.3 is 10.4 Å². The van der Waals surface area contributed by atoms with Gasteiger partial charge in [0.15, 0.2) is 5.01 Å². The van der Waals surface area contributed by atoms with E-state index in [9.17, 15) is 9.90 Å². The largest absolute Gasteiger partial charge is 0.387 e. The molecule has 0 aliphatic carbocycles. The molecule has 0 spiro atoms. The number of thiazole rings is 1. The smallest absolute Gasteiger partial charge is 0.280 e. The molecule has 5 heteroatoms. The third-order valence-corrected chi connectivity index (χ3v) is 5.16. The van der Waals surface area contributed by atoms with E-state index in [-0.39, 0.29) is 12.5 Å². The fourth-order valence-electron chi connectivity index (χ4n) is 2.89. The zero-order valence-corrected chi connectivity index (χ0v) is 14.2. The first-order chi connectivity index (χ1) is 12.2. The first-order valence-electron chi connectivity index (χ1n) is 8.02. The van der Waals surface area contributed by atoms with E-state index in [0.29, 0.717) is 5.01 Å². The van der Waals surface area contributed by atoms with Crippen molar-refractivity contribution in [3.63, 3.8) is 0 Å². The zero-order chi connectivity index (χ0) is 17.2. The van der Waals surface area contributed by atoms with E-state index in [0.717, 1.165) is 26.6 Å². The SMILES string of the molecule is O=C(NC[C@@H](O)c1cccc2ccccc12)c1nc2ccccc2s1. The van der Waals surface area contributed by atoms with Crippen LogP contribution in [0.3, 0.4) is 0 Å². The molecule has 1 aromatic heterocycles. The van der Waals surface area contributed by atoms with Crippen LogP contribution in [0.25, 0.3) is 21.0 Å². The topological polar surface area (TPSA) is 62.2 Å². The number of rotatable bonds is 4. The van der Waals surface area contributed by atoms with E-state index in [1.165, 1.54) is 11.3 Å². The molecule has 1 amide bonds. The summed E-state index contributed by atoms with van der Waals surface area (Å²) in [5.41, 5.74) is 1.62. The molecule has 4 rings (SSSR count). The summed E-state index contributed by atoms with van der Waals surface area (Å²) >= 11 is 1.35. The van der Waals surface area contributed by atoms with Crippen molar-refractivity contribution in [2.45, 2.75) is 6.10 Å². The first-order valence-corrected chi connectivity index (χ1v) is 8.83. The second kappa shape index (κ2) is 6.63. The van der Waals surface area contributed by atoms with E-state index in [2.05, 4.69) is 10.3 Å². The second-order valence-electron chi connectivity index (χ2n) is 5.78. The number of amides is 1. The molecule has 0 fully saturated rings. The number of para-hydroxylation sites is 1. The van der Waals surface area contributed by atoms with Crippen molar-refractivity contribution in [2.24, 2.45) is 0 Å². The van der Waals surface area contributed by atoms with E-state index in [1.54, 1.807) is 0 Å². The standard InChI is InChI=1S/C20H16N2O2S/c23-17(15-9-5-7-13-6-1-2-8-14(13)15)12-21-19(24)20-22-16-10-3-4-11-18(16)25-20/h1-11,17,23H,12H2,(H,21,24)/t17-/m1/s1. The number of hydrogen-bond donors (Lipinski definition) is 2. The highest BCUT2D eigenvalue weighted by Crippen LogP contribution is 2.24. The van der Waals surface area contributed by atoms with Crippen LogP contribution < -0.4 is 5.32 Å². The molecule has 0 aliphatic rings. The average molecular weight is 348 g/mol. The van der Waals surface area contributed by atoms with Gasteiger partial charge in [-0.2, -0.15) is 0 Å². The average Bonchev–Trinajstić information content (AvgIpc) is 3.09. The van der Waals surface area contributed by atoms with Gasteiger partial charge in [-0.05, 0) is 28.5 Å². The molecule has 4 aromatic rings. The molecule has 0 saturated heterocycles. The van der Waals surface area contributed by atoms with Crippen molar-refractivity contribution >= 4 is 38.2 Å². The molecule has 0 aliphatic heterocycles. The monoisotopic (exact) mass is 348 g/mol. The van der Waals surface area contributed by atoms with Gasteiger partial charge in [-0.15, -0.1) is 11.3 Å². The summed E-state index contributed by atoms with van der Waals surface area (Å²) < 4.78 is 0.974. The van der Waals surface area contributed by atoms with Gasteiger partial charge in [-0.1, -0.05) is 54.6 Å². The number of carbonyl (C=O) groups is 1. The maximum absolute atomic E-state index is 12.3. The summed E-state index contributed by atoms with van der Waals surface area (Å²) in [4.78, 5) is 16.7. The quantitative estimate of drug-likeness (QED) is 0.588. The number of nitrogens with one attached hydrogen (secondary N) is 1. The van der Waals surface area contributed by atoms with Crippen LogP contribution in [0.5, 0.6) is 0 Å². The normalized spacial score (nSPS) is 12.4. The van der Waals surface area contributed by atoms with Gasteiger partial charge in [0, 0.05) is 6.54 Å². The van der Waals surface area contributed by atoms with Crippen LogP contribution in [0.1, 0.15) is 21.5 Å². The van der Waals surface area contributed by atoms with Gasteiger partial charge in [0.25, 0.3) is 5.91 Å². The van der Waals surface area contributed by atoms with Crippen LogP contribution in [0, 0.1) is 0 Å². The Labute approximate surface area is 148 Å². The Morgan fingerprint density at radius 1 is 1.04 bits per heavy atom. The van der Waals surface area contributed by atoms with Crippen LogP contribution in [-0.2, 0) is 0 Å². The molecule has 25 heavy (non-hydrogen) atoms. The molecular weight excluding hydrogens is 332 g/mol. The minimum absolute atomic E-state index is 0.142. The maximum atomic E-state index is 12.3. The summed E-state index contributed by atoms with van der Waals surface area (Å²) in [7, 11) is 0. The van der Waals surface area contributed by atoms with Crippen LogP contribution in [0.2, 0.25) is 0 Å². The lowest BCUT2D eigenvalue weighted by atomic mass is 10.0. The Morgan fingerprint density at radius 3 is 2.68 bits per heavy atom. The van der Waals surface area contributed by atoms with Crippen LogP contribution in [0.4, 0.5) is 0 Å². The zero-order valence-electron chi connectivity index (χ0n) is 13.3. The van der Waals surface area contributed by atoms with Crippen molar-refractivity contribution in [1.82, 2.24) is 10.3 Å². The lowest BCUT2D eigenvalue weighted by Gasteiger charge is -2.14. The molecule has 3 aromatic carbocycles. The summed E-state index contributed by atoms with van der Waals surface area (Å²) in [6, 6.07) is 21.3. The van der Waals surface area contributed by atoms with E-state index >= 15 is 0 Å². The Kier molecular flexibility index (Phi) is 4.17. The number of benzene rings is 3. The van der Waals surface area contributed by atoms with Gasteiger partial charge in [-0.25, -0.2) is 4.98 Å². The van der Waals surface area contributed by atoms with Gasteiger partial charge in [0.05, 0.1) is 16.3 Å². The summed E-state index contributed by atoms with van der Waals surface area (Å²) in [6.45, 7) is 0.142. The maximum Gasteiger partial charge on any atom is 0.280 e. The molecule has 2 N–H and O–H groups in total. The lowest BCUT2D eigenvalue weighted by molar-refractivity contribution is 0.0917. The first kappa shape index (κ1) is 15.7. The summed E-state index contributed by atoms with van der Waals surface area (Å²) in [6.07, 6.45) is -0.774. The number of aromatic nitrogens is 1. The van der Waals surface area contributed by atoms with Gasteiger partial charge in [0.1, 0.15) is 0 Å². The van der Waals surface area contributed by atoms with Crippen LogP contribution >= 0.6 is 11.3 Å². The van der Waals surface area contributed by atoms with Gasteiger partial charge >= 0.3 is 0 Å². The third-order valence-electron chi connectivity index (χ3n) is 4.13. The van der Waals surface area contributed by atoms with E-state index in [1.807, 2.05) is 66.7 Å². The molecule has 0 unspecified atom stereocenters. The van der Waals surface area contributed by atoms with Gasteiger partial charge in [0.2, 0.25) is 0 Å². The number of nitrogens with zero attached hydrogens (tertiary/aromatic N) is 1. The van der Waals surface area contributed by atoms with Crippen molar-refractivity contribution in [3.8, 4) is 0 Å². The minimum Gasteiger partial charge on any atom is -0.387 e. The Bertz CT molecular complexity index is 1020. The number of aliphatic hydroxyl groups is 1. The molecule has 1 atom stereocenters. The van der Waals surface area contributed by atoms with Crippen LogP contribution in [-0.4, -0.2) is 22.5 Å². The molecular formula is C20H16N2O2S. The fourth-order valence-corrected chi connectivity index (χ4v) is 3.77. The Balaban J connectivity index is 1.51. The Morgan fingerprint density at radius 2 is 1.80 bits per heavy atom. The number of carbonyl (C=O) groups excluding carboxylic acids is 1. The number of hydrogen-bond acceptors (Lipinski definition) is 4. The lowest BCUT2D eigenvalue weighted by Crippen LogP contribution is -2.28. The molecule has 0 saturated carbocycles. The van der Waals surface area contributed by atoms with E-state index < -0.39 is 6.10 Å². The highest BCUT2D eigenvalue weighted by molar-refractivity contribution is 7.20. The summed E-state index contributed by atoms with van der Waals surface area (Å²) in [5, 5.41) is 15.8. The molecule has 1 heterocycles. The van der Waals surface area contributed by atoms with Crippen molar-refractivity contribution in [1.29, 1.82) is 0 Å². The highest BCUT2D eigenvalue weighted by atomic mass is 32.1.